The quantitative estimate of drug-likeness (QED) is 0.451. The number of ether oxygens (including phenoxy) is 2. The molecule has 3 rings (SSSR count). The number of hydrogen-bond acceptors (Lipinski definition) is 4. The van der Waals surface area contributed by atoms with Crippen molar-refractivity contribution in [3.05, 3.63) is 48.0 Å². The van der Waals surface area contributed by atoms with Crippen LogP contribution in [0.1, 0.15) is 56.9 Å². The minimum Gasteiger partial charge on any atom is -0.396 e. The van der Waals surface area contributed by atoms with Crippen molar-refractivity contribution in [2.75, 3.05) is 19.8 Å². The second kappa shape index (κ2) is 10.9. The Morgan fingerprint density at radius 3 is 2.54 bits per heavy atom. The summed E-state index contributed by atoms with van der Waals surface area (Å²) in [7, 11) is 0. The van der Waals surface area contributed by atoms with E-state index in [1.54, 1.807) is 6.08 Å². The average Bonchev–Trinajstić information content (AvgIpc) is 3.32. The van der Waals surface area contributed by atoms with Crippen LogP contribution in [-0.2, 0) is 20.7 Å². The molecule has 0 aromatic heterocycles. The van der Waals surface area contributed by atoms with Gasteiger partial charge in [0.25, 0.3) is 0 Å². The number of aliphatic hydroxyl groups excluding tert-OH is 1. The van der Waals surface area contributed by atoms with Gasteiger partial charge in [0, 0.05) is 25.4 Å². The zero-order valence-corrected chi connectivity index (χ0v) is 16.9. The van der Waals surface area contributed by atoms with Crippen molar-refractivity contribution >= 4 is 5.78 Å². The standard InChI is InChI=1S/C24H34O4/c25-16-8-3-1-2-7-11-23-21(14-15-24(23)27-17-18-28-24)12-13-22(26)19-20-9-5-4-6-10-20/h4-6,9-10,12-13,21,23,25H,1-3,7-8,11,14-19H2. The van der Waals surface area contributed by atoms with Crippen LogP contribution in [0.2, 0.25) is 0 Å². The largest absolute Gasteiger partial charge is 0.396 e. The number of hydrogen-bond donors (Lipinski definition) is 1. The first-order valence-electron chi connectivity index (χ1n) is 10.9. The van der Waals surface area contributed by atoms with Gasteiger partial charge in [0.05, 0.1) is 13.2 Å². The summed E-state index contributed by atoms with van der Waals surface area (Å²) in [6, 6.07) is 9.90. The molecule has 0 radical (unpaired) electrons. The van der Waals surface area contributed by atoms with Crippen LogP contribution in [0, 0.1) is 11.8 Å². The maximum Gasteiger partial charge on any atom is 0.171 e. The average molecular weight is 387 g/mol. The van der Waals surface area contributed by atoms with Gasteiger partial charge in [-0.25, -0.2) is 0 Å². The van der Waals surface area contributed by atoms with Crippen molar-refractivity contribution in [3.63, 3.8) is 0 Å². The number of unbranched alkanes of at least 4 members (excludes halogenated alkanes) is 4. The molecule has 1 saturated heterocycles. The predicted molar refractivity (Wildman–Crippen MR) is 110 cm³/mol. The third-order valence-corrected chi connectivity index (χ3v) is 6.11. The molecule has 1 aromatic rings. The summed E-state index contributed by atoms with van der Waals surface area (Å²) in [5.41, 5.74) is 1.06. The molecule has 2 atom stereocenters. The van der Waals surface area contributed by atoms with Gasteiger partial charge in [-0.3, -0.25) is 4.79 Å². The molecule has 1 N–H and O–H groups in total. The summed E-state index contributed by atoms with van der Waals surface area (Å²) in [4.78, 5) is 12.4. The summed E-state index contributed by atoms with van der Waals surface area (Å²) in [5, 5.41) is 8.90. The normalized spacial score (nSPS) is 23.8. The zero-order valence-electron chi connectivity index (χ0n) is 16.9. The first kappa shape index (κ1) is 21.2. The van der Waals surface area contributed by atoms with E-state index in [4.69, 9.17) is 14.6 Å². The van der Waals surface area contributed by atoms with Crippen molar-refractivity contribution in [2.45, 2.75) is 63.6 Å². The molecule has 2 unspecified atom stereocenters. The predicted octanol–water partition coefficient (Wildman–Crippen LogP) is 4.46. The van der Waals surface area contributed by atoms with Gasteiger partial charge in [0.2, 0.25) is 0 Å². The van der Waals surface area contributed by atoms with Crippen LogP contribution in [0.4, 0.5) is 0 Å². The lowest BCUT2D eigenvalue weighted by atomic mass is 9.87. The molecule has 1 aliphatic carbocycles. The van der Waals surface area contributed by atoms with Crippen molar-refractivity contribution in [1.82, 2.24) is 0 Å². The van der Waals surface area contributed by atoms with Gasteiger partial charge in [0.15, 0.2) is 11.6 Å². The highest BCUT2D eigenvalue weighted by Crippen LogP contribution is 2.48. The van der Waals surface area contributed by atoms with E-state index in [1.807, 2.05) is 30.3 Å². The summed E-state index contributed by atoms with van der Waals surface area (Å²) >= 11 is 0. The van der Waals surface area contributed by atoms with E-state index in [0.717, 1.165) is 50.5 Å². The smallest absolute Gasteiger partial charge is 0.171 e. The number of carbonyl (C=O) groups is 1. The van der Waals surface area contributed by atoms with E-state index in [0.29, 0.717) is 31.5 Å². The van der Waals surface area contributed by atoms with Gasteiger partial charge in [-0.15, -0.1) is 0 Å². The minimum absolute atomic E-state index is 0.156. The molecule has 1 spiro atoms. The summed E-state index contributed by atoms with van der Waals surface area (Å²) in [6.07, 6.45) is 12.8. The van der Waals surface area contributed by atoms with Crippen LogP contribution in [0.3, 0.4) is 0 Å². The highest BCUT2D eigenvalue weighted by Gasteiger charge is 2.51. The van der Waals surface area contributed by atoms with Crippen molar-refractivity contribution in [3.8, 4) is 0 Å². The Labute approximate surface area is 168 Å². The zero-order chi connectivity index (χ0) is 19.7. The Balaban J connectivity index is 1.54. The van der Waals surface area contributed by atoms with Crippen molar-refractivity contribution in [2.24, 2.45) is 11.8 Å². The molecule has 0 amide bonds. The SMILES string of the molecule is O=C(C=CC1CCC2(OCCO2)C1CCCCCCCO)Cc1ccccc1. The van der Waals surface area contributed by atoms with Crippen molar-refractivity contribution < 1.29 is 19.4 Å². The molecule has 1 aliphatic heterocycles. The van der Waals surface area contributed by atoms with Crippen LogP contribution in [0.5, 0.6) is 0 Å². The van der Waals surface area contributed by atoms with Crippen LogP contribution < -0.4 is 0 Å². The molecule has 1 aromatic carbocycles. The number of carbonyl (C=O) groups excluding carboxylic acids is 1. The van der Waals surface area contributed by atoms with E-state index in [-0.39, 0.29) is 12.4 Å². The van der Waals surface area contributed by atoms with Gasteiger partial charge in [-0.2, -0.15) is 0 Å². The van der Waals surface area contributed by atoms with Gasteiger partial charge >= 0.3 is 0 Å². The fourth-order valence-electron chi connectivity index (χ4n) is 4.67. The van der Waals surface area contributed by atoms with E-state index in [9.17, 15) is 4.79 Å². The van der Waals surface area contributed by atoms with Crippen molar-refractivity contribution in [1.29, 1.82) is 0 Å². The maximum absolute atomic E-state index is 12.4. The van der Waals surface area contributed by atoms with Crippen LogP contribution in [0.25, 0.3) is 0 Å². The monoisotopic (exact) mass is 386 g/mol. The molecule has 1 saturated carbocycles. The lowest BCUT2D eigenvalue weighted by molar-refractivity contribution is -0.186. The Kier molecular flexibility index (Phi) is 8.26. The Morgan fingerprint density at radius 2 is 1.79 bits per heavy atom. The molecule has 154 valence electrons. The Bertz CT molecular complexity index is 619. The minimum atomic E-state index is -0.428. The topological polar surface area (TPSA) is 55.8 Å². The number of allylic oxidation sites excluding steroid dienone is 2. The molecule has 2 aliphatic rings. The van der Waals surface area contributed by atoms with E-state index >= 15 is 0 Å². The third kappa shape index (κ3) is 5.76. The van der Waals surface area contributed by atoms with E-state index in [1.165, 1.54) is 6.42 Å². The molecular formula is C24H34O4. The van der Waals surface area contributed by atoms with E-state index < -0.39 is 5.79 Å². The number of rotatable bonds is 11. The fourth-order valence-corrected chi connectivity index (χ4v) is 4.67. The molecule has 4 heteroatoms. The molecule has 1 heterocycles. The Morgan fingerprint density at radius 1 is 1.07 bits per heavy atom. The van der Waals surface area contributed by atoms with Gasteiger partial charge in [-0.05, 0) is 36.8 Å². The highest BCUT2D eigenvalue weighted by atomic mass is 16.7. The van der Waals surface area contributed by atoms with Crippen LogP contribution in [-0.4, -0.2) is 36.5 Å². The summed E-state index contributed by atoms with van der Waals surface area (Å²) in [6.45, 7) is 1.64. The third-order valence-electron chi connectivity index (χ3n) is 6.11. The fraction of sp³-hybridized carbons (Fsp3) is 0.625. The summed E-state index contributed by atoms with van der Waals surface area (Å²) < 4.78 is 12.1. The maximum atomic E-state index is 12.4. The van der Waals surface area contributed by atoms with Gasteiger partial charge in [0.1, 0.15) is 0 Å². The first-order valence-corrected chi connectivity index (χ1v) is 10.9. The molecule has 4 nitrogen and oxygen atoms in total. The van der Waals surface area contributed by atoms with Crippen LogP contribution >= 0.6 is 0 Å². The molecular weight excluding hydrogens is 352 g/mol. The summed E-state index contributed by atoms with van der Waals surface area (Å²) in [5.74, 6) is 0.398. The lowest BCUT2D eigenvalue weighted by Crippen LogP contribution is -2.36. The molecule has 2 fully saturated rings. The number of aliphatic hydroxyl groups is 1. The molecule has 0 bridgehead atoms. The first-order chi connectivity index (χ1) is 13.7. The van der Waals surface area contributed by atoms with E-state index in [2.05, 4.69) is 6.08 Å². The second-order valence-corrected chi connectivity index (χ2v) is 8.09. The highest BCUT2D eigenvalue weighted by molar-refractivity contribution is 5.91. The Hall–Kier alpha value is -1.49. The second-order valence-electron chi connectivity index (χ2n) is 8.09. The lowest BCUT2D eigenvalue weighted by Gasteiger charge is -2.31. The van der Waals surface area contributed by atoms with Gasteiger partial charge < -0.3 is 14.6 Å². The number of ketones is 1. The number of benzene rings is 1. The molecule has 28 heavy (non-hydrogen) atoms. The van der Waals surface area contributed by atoms with Gasteiger partial charge in [-0.1, -0.05) is 62.1 Å². The van der Waals surface area contributed by atoms with Crippen LogP contribution in [0.15, 0.2) is 42.5 Å².